The lowest BCUT2D eigenvalue weighted by atomic mass is 10.2. The van der Waals surface area contributed by atoms with Gasteiger partial charge in [0.15, 0.2) is 0 Å². The van der Waals surface area contributed by atoms with Gasteiger partial charge in [0.1, 0.15) is 11.5 Å². The molecule has 96 valence electrons. The van der Waals surface area contributed by atoms with E-state index in [1.165, 1.54) is 0 Å². The summed E-state index contributed by atoms with van der Waals surface area (Å²) in [4.78, 5) is 12.0. The molecule has 0 saturated carbocycles. The number of carbonyl (C=O) groups excluding carboxylic acids is 1. The van der Waals surface area contributed by atoms with Crippen LogP contribution in [0.1, 0.15) is 10.4 Å². The van der Waals surface area contributed by atoms with E-state index in [1.807, 2.05) is 36.4 Å². The zero-order valence-corrected chi connectivity index (χ0v) is 10.5. The Morgan fingerprint density at radius 2 is 1.79 bits per heavy atom. The van der Waals surface area contributed by atoms with Gasteiger partial charge in [-0.05, 0) is 24.3 Å². The minimum Gasteiger partial charge on any atom is -0.457 e. The summed E-state index contributed by atoms with van der Waals surface area (Å²) in [6.45, 7) is 4.00. The lowest BCUT2D eigenvalue weighted by molar-refractivity contribution is 0.0955. The fourth-order valence-corrected chi connectivity index (χ4v) is 1.62. The molecule has 0 aliphatic carbocycles. The quantitative estimate of drug-likeness (QED) is 0.829. The summed E-state index contributed by atoms with van der Waals surface area (Å²) in [5.74, 6) is 1.06. The van der Waals surface area contributed by atoms with Gasteiger partial charge in [-0.3, -0.25) is 4.79 Å². The monoisotopic (exact) mass is 253 g/mol. The highest BCUT2D eigenvalue weighted by Gasteiger charge is 2.11. The fourth-order valence-electron chi connectivity index (χ4n) is 1.62. The Kier molecular flexibility index (Phi) is 4.34. The van der Waals surface area contributed by atoms with Crippen molar-refractivity contribution in [3.8, 4) is 11.5 Å². The number of para-hydroxylation sites is 2. The topological polar surface area (TPSA) is 38.3 Å². The van der Waals surface area contributed by atoms with Gasteiger partial charge in [-0.2, -0.15) is 0 Å². The van der Waals surface area contributed by atoms with Crippen molar-refractivity contribution < 1.29 is 9.53 Å². The van der Waals surface area contributed by atoms with Crippen LogP contribution in [0.3, 0.4) is 0 Å². The van der Waals surface area contributed by atoms with Crippen LogP contribution < -0.4 is 10.1 Å². The van der Waals surface area contributed by atoms with Gasteiger partial charge in [0.05, 0.1) is 5.56 Å². The SMILES string of the molecule is C=CCNC(=O)c1ccccc1Oc1ccccc1. The van der Waals surface area contributed by atoms with Crippen LogP contribution in [0, 0.1) is 0 Å². The van der Waals surface area contributed by atoms with Crippen LogP contribution in [0.4, 0.5) is 0 Å². The Morgan fingerprint density at radius 3 is 2.53 bits per heavy atom. The third-order valence-electron chi connectivity index (χ3n) is 2.51. The minimum atomic E-state index is -0.175. The molecule has 0 fully saturated rings. The van der Waals surface area contributed by atoms with Crippen molar-refractivity contribution in [3.63, 3.8) is 0 Å². The Morgan fingerprint density at radius 1 is 1.11 bits per heavy atom. The van der Waals surface area contributed by atoms with Crippen molar-refractivity contribution in [1.29, 1.82) is 0 Å². The summed E-state index contributed by atoms with van der Waals surface area (Å²) in [5.41, 5.74) is 0.508. The molecule has 0 radical (unpaired) electrons. The molecule has 1 amide bonds. The second kappa shape index (κ2) is 6.40. The highest BCUT2D eigenvalue weighted by molar-refractivity contribution is 5.97. The van der Waals surface area contributed by atoms with Crippen LogP contribution in [0.5, 0.6) is 11.5 Å². The molecular formula is C16H15NO2. The molecule has 0 atom stereocenters. The lowest BCUT2D eigenvalue weighted by Crippen LogP contribution is -2.23. The predicted octanol–water partition coefficient (Wildman–Crippen LogP) is 3.39. The van der Waals surface area contributed by atoms with E-state index in [9.17, 15) is 4.79 Å². The van der Waals surface area contributed by atoms with Gasteiger partial charge in [-0.1, -0.05) is 36.4 Å². The molecule has 3 heteroatoms. The molecule has 0 unspecified atom stereocenters. The van der Waals surface area contributed by atoms with Crippen molar-refractivity contribution >= 4 is 5.91 Å². The molecule has 0 aliphatic heterocycles. The van der Waals surface area contributed by atoms with Gasteiger partial charge in [-0.25, -0.2) is 0 Å². The van der Waals surface area contributed by atoms with Gasteiger partial charge >= 0.3 is 0 Å². The van der Waals surface area contributed by atoms with Crippen LogP contribution >= 0.6 is 0 Å². The van der Waals surface area contributed by atoms with Crippen LogP contribution in [-0.4, -0.2) is 12.5 Å². The lowest BCUT2D eigenvalue weighted by Gasteiger charge is -2.10. The molecule has 0 aliphatic rings. The molecule has 1 N–H and O–H groups in total. The van der Waals surface area contributed by atoms with Gasteiger partial charge in [0.25, 0.3) is 5.91 Å². The minimum absolute atomic E-state index is 0.175. The van der Waals surface area contributed by atoms with E-state index in [1.54, 1.807) is 24.3 Å². The summed E-state index contributed by atoms with van der Waals surface area (Å²) < 4.78 is 5.72. The maximum absolute atomic E-state index is 12.0. The van der Waals surface area contributed by atoms with Gasteiger partial charge in [0, 0.05) is 6.54 Å². The second-order valence-corrected chi connectivity index (χ2v) is 3.91. The number of rotatable bonds is 5. The summed E-state index contributed by atoms with van der Waals surface area (Å²) in [6.07, 6.45) is 1.64. The van der Waals surface area contributed by atoms with E-state index < -0.39 is 0 Å². The van der Waals surface area contributed by atoms with Crippen molar-refractivity contribution in [1.82, 2.24) is 5.32 Å². The highest BCUT2D eigenvalue weighted by Crippen LogP contribution is 2.24. The standard InChI is InChI=1S/C16H15NO2/c1-2-12-17-16(18)14-10-6-7-11-15(14)19-13-8-4-3-5-9-13/h2-11H,1,12H2,(H,17,18). The molecule has 0 saturated heterocycles. The largest absolute Gasteiger partial charge is 0.457 e. The number of amides is 1. The van der Waals surface area contributed by atoms with E-state index in [-0.39, 0.29) is 5.91 Å². The molecule has 0 spiro atoms. The first kappa shape index (κ1) is 12.9. The van der Waals surface area contributed by atoms with Gasteiger partial charge in [-0.15, -0.1) is 6.58 Å². The van der Waals surface area contributed by atoms with E-state index in [0.29, 0.717) is 23.6 Å². The first-order chi connectivity index (χ1) is 9.31. The van der Waals surface area contributed by atoms with Crippen LogP contribution in [-0.2, 0) is 0 Å². The zero-order valence-electron chi connectivity index (χ0n) is 10.5. The number of carbonyl (C=O) groups is 1. The fraction of sp³-hybridized carbons (Fsp3) is 0.0625. The number of nitrogens with one attached hydrogen (secondary N) is 1. The molecule has 19 heavy (non-hydrogen) atoms. The van der Waals surface area contributed by atoms with Crippen molar-refractivity contribution in [2.45, 2.75) is 0 Å². The van der Waals surface area contributed by atoms with Crippen molar-refractivity contribution in [2.75, 3.05) is 6.54 Å². The Labute approximate surface area is 112 Å². The number of ether oxygens (including phenoxy) is 1. The van der Waals surface area contributed by atoms with E-state index in [0.717, 1.165) is 0 Å². The Balaban J connectivity index is 2.21. The normalized spacial score (nSPS) is 9.68. The van der Waals surface area contributed by atoms with Crippen molar-refractivity contribution in [3.05, 3.63) is 72.8 Å². The Bertz CT molecular complexity index is 564. The third-order valence-corrected chi connectivity index (χ3v) is 2.51. The molecule has 2 rings (SSSR count). The van der Waals surface area contributed by atoms with Crippen LogP contribution in [0.2, 0.25) is 0 Å². The van der Waals surface area contributed by atoms with Crippen LogP contribution in [0.25, 0.3) is 0 Å². The molecule has 2 aromatic carbocycles. The second-order valence-electron chi connectivity index (χ2n) is 3.91. The average Bonchev–Trinajstić information content (AvgIpc) is 2.46. The zero-order chi connectivity index (χ0) is 13.5. The Hall–Kier alpha value is -2.55. The molecule has 0 bridgehead atoms. The van der Waals surface area contributed by atoms with E-state index in [4.69, 9.17) is 4.74 Å². The molecule has 2 aromatic rings. The van der Waals surface area contributed by atoms with E-state index >= 15 is 0 Å². The number of benzene rings is 2. The predicted molar refractivity (Wildman–Crippen MR) is 75.5 cm³/mol. The van der Waals surface area contributed by atoms with Gasteiger partial charge < -0.3 is 10.1 Å². The summed E-state index contributed by atoms with van der Waals surface area (Å²) in [7, 11) is 0. The third kappa shape index (κ3) is 3.45. The smallest absolute Gasteiger partial charge is 0.255 e. The summed E-state index contributed by atoms with van der Waals surface area (Å²) >= 11 is 0. The number of hydrogen-bond donors (Lipinski definition) is 1. The molecule has 0 heterocycles. The molecule has 3 nitrogen and oxygen atoms in total. The first-order valence-corrected chi connectivity index (χ1v) is 6.02. The first-order valence-electron chi connectivity index (χ1n) is 6.02. The summed E-state index contributed by atoms with van der Waals surface area (Å²) in [5, 5.41) is 2.74. The summed E-state index contributed by atoms with van der Waals surface area (Å²) in [6, 6.07) is 16.5. The molecular weight excluding hydrogens is 238 g/mol. The van der Waals surface area contributed by atoms with Crippen LogP contribution in [0.15, 0.2) is 67.3 Å². The van der Waals surface area contributed by atoms with Gasteiger partial charge in [0.2, 0.25) is 0 Å². The maximum atomic E-state index is 12.0. The van der Waals surface area contributed by atoms with Crippen molar-refractivity contribution in [2.24, 2.45) is 0 Å². The average molecular weight is 253 g/mol. The highest BCUT2D eigenvalue weighted by atomic mass is 16.5. The molecule has 0 aromatic heterocycles. The number of hydrogen-bond acceptors (Lipinski definition) is 2. The maximum Gasteiger partial charge on any atom is 0.255 e. The van der Waals surface area contributed by atoms with E-state index in [2.05, 4.69) is 11.9 Å².